The van der Waals surface area contributed by atoms with Gasteiger partial charge < -0.3 is 5.32 Å². The lowest BCUT2D eigenvalue weighted by molar-refractivity contribution is -0.143. The molecule has 0 bridgehead atoms. The monoisotopic (exact) mass is 533 g/mol. The lowest BCUT2D eigenvalue weighted by atomic mass is 10.0. The van der Waals surface area contributed by atoms with Crippen molar-refractivity contribution in [1.82, 2.24) is 10.2 Å². The molecule has 0 aliphatic heterocycles. The highest BCUT2D eigenvalue weighted by Crippen LogP contribution is 2.37. The lowest BCUT2D eigenvalue weighted by Gasteiger charge is -2.14. The second-order valence-corrected chi connectivity index (χ2v) is 8.83. The number of carbonyl (C=O) groups is 1. The average molecular weight is 533 g/mol. The normalized spacial score (nSPS) is 11.8. The summed E-state index contributed by atoms with van der Waals surface area (Å²) >= 11 is 0.941. The van der Waals surface area contributed by atoms with Crippen LogP contribution in [0.1, 0.15) is 11.1 Å². The Labute approximate surface area is 211 Å². The minimum Gasteiger partial charge on any atom is -0.325 e. The smallest absolute Gasteiger partial charge is 0.325 e. The van der Waals surface area contributed by atoms with Gasteiger partial charge in [-0.15, -0.1) is 10.2 Å². The maximum absolute atomic E-state index is 13.0. The number of halogens is 6. The van der Waals surface area contributed by atoms with E-state index in [1.165, 1.54) is 0 Å². The van der Waals surface area contributed by atoms with E-state index >= 15 is 0 Å². The molecule has 4 rings (SSSR count). The van der Waals surface area contributed by atoms with Gasteiger partial charge in [0.1, 0.15) is 5.03 Å². The summed E-state index contributed by atoms with van der Waals surface area (Å²) in [5, 5.41) is 10.6. The molecule has 1 aromatic heterocycles. The predicted molar refractivity (Wildman–Crippen MR) is 129 cm³/mol. The first-order valence-electron chi connectivity index (χ1n) is 10.7. The minimum absolute atomic E-state index is 0.00321. The molecule has 1 amide bonds. The van der Waals surface area contributed by atoms with Gasteiger partial charge >= 0.3 is 12.4 Å². The number of thioether (sulfide) groups is 1. The average Bonchev–Trinajstić information content (AvgIpc) is 2.87. The zero-order chi connectivity index (χ0) is 26.6. The van der Waals surface area contributed by atoms with Crippen molar-refractivity contribution in [3.63, 3.8) is 0 Å². The molecule has 4 nitrogen and oxygen atoms in total. The molecule has 0 aliphatic rings. The molecule has 1 N–H and O–H groups in total. The number of alkyl halides is 6. The topological polar surface area (TPSA) is 54.9 Å². The Morgan fingerprint density at radius 3 is 1.81 bits per heavy atom. The van der Waals surface area contributed by atoms with E-state index in [0.717, 1.165) is 28.5 Å². The SMILES string of the molecule is O=C(CSc1ccc(-c2ccc(-c3ccccc3)cc2)nn1)Nc1cc(C(F)(F)F)cc(C(F)(F)F)c1. The van der Waals surface area contributed by atoms with Gasteiger partial charge in [0.2, 0.25) is 5.91 Å². The van der Waals surface area contributed by atoms with Gasteiger partial charge in [0.05, 0.1) is 22.6 Å². The first-order chi connectivity index (χ1) is 17.5. The maximum atomic E-state index is 13.0. The molecular formula is C26H17F6N3OS. The van der Waals surface area contributed by atoms with Crippen LogP contribution in [0.15, 0.2) is 90.0 Å². The molecular weight excluding hydrogens is 516 g/mol. The summed E-state index contributed by atoms with van der Waals surface area (Å²) in [5.41, 5.74) is -0.0905. The predicted octanol–water partition coefficient (Wildman–Crippen LogP) is 7.58. The number of benzene rings is 3. The molecule has 190 valence electrons. The van der Waals surface area contributed by atoms with Crippen LogP contribution < -0.4 is 5.32 Å². The summed E-state index contributed by atoms with van der Waals surface area (Å²) in [6.45, 7) is 0. The van der Waals surface area contributed by atoms with Crippen LogP contribution in [0.4, 0.5) is 32.0 Å². The summed E-state index contributed by atoms with van der Waals surface area (Å²) in [5.74, 6) is -1.09. The Kier molecular flexibility index (Phi) is 7.53. The Bertz CT molecular complexity index is 1340. The number of hydrogen-bond donors (Lipinski definition) is 1. The van der Waals surface area contributed by atoms with Crippen molar-refractivity contribution < 1.29 is 31.1 Å². The van der Waals surface area contributed by atoms with Crippen molar-refractivity contribution in [1.29, 1.82) is 0 Å². The standard InChI is InChI=1S/C26H17F6N3OS/c27-25(28,29)19-12-20(26(30,31)32)14-21(13-19)33-23(36)15-37-24-11-10-22(34-35-24)18-8-6-17(7-9-18)16-4-2-1-3-5-16/h1-14H,15H2,(H,33,36). The first-order valence-corrected chi connectivity index (χ1v) is 11.7. The molecule has 0 fully saturated rings. The van der Waals surface area contributed by atoms with E-state index in [0.29, 0.717) is 22.9 Å². The molecule has 0 saturated carbocycles. The Hall–Kier alpha value is -3.86. The Balaban J connectivity index is 1.38. The number of nitrogens with zero attached hydrogens (tertiary/aromatic N) is 2. The second kappa shape index (κ2) is 10.6. The number of nitrogens with one attached hydrogen (secondary N) is 1. The third kappa shape index (κ3) is 6.88. The molecule has 11 heteroatoms. The van der Waals surface area contributed by atoms with E-state index in [-0.39, 0.29) is 11.8 Å². The van der Waals surface area contributed by atoms with Crippen molar-refractivity contribution >= 4 is 23.4 Å². The molecule has 0 saturated heterocycles. The number of carbonyl (C=O) groups excluding carboxylic acids is 1. The van der Waals surface area contributed by atoms with Gasteiger partial charge in [-0.1, -0.05) is 66.4 Å². The van der Waals surface area contributed by atoms with Crippen LogP contribution in [-0.2, 0) is 17.1 Å². The van der Waals surface area contributed by atoms with E-state index < -0.39 is 35.1 Å². The van der Waals surface area contributed by atoms with E-state index in [1.54, 1.807) is 12.1 Å². The molecule has 3 aromatic carbocycles. The third-order valence-electron chi connectivity index (χ3n) is 5.15. The van der Waals surface area contributed by atoms with Crippen LogP contribution in [0.3, 0.4) is 0 Å². The van der Waals surface area contributed by atoms with Crippen LogP contribution >= 0.6 is 11.8 Å². The van der Waals surface area contributed by atoms with Crippen LogP contribution in [-0.4, -0.2) is 21.9 Å². The molecule has 1 heterocycles. The summed E-state index contributed by atoms with van der Waals surface area (Å²) in [4.78, 5) is 12.2. The van der Waals surface area contributed by atoms with Crippen LogP contribution in [0.2, 0.25) is 0 Å². The van der Waals surface area contributed by atoms with Gasteiger partial charge in [0.15, 0.2) is 0 Å². The molecule has 0 aliphatic carbocycles. The summed E-state index contributed by atoms with van der Waals surface area (Å²) in [6.07, 6.45) is -10.0. The van der Waals surface area contributed by atoms with Gasteiger partial charge in [0, 0.05) is 11.3 Å². The van der Waals surface area contributed by atoms with Gasteiger partial charge in [-0.25, -0.2) is 0 Å². The first kappa shape index (κ1) is 26.2. The van der Waals surface area contributed by atoms with E-state index in [2.05, 4.69) is 15.5 Å². The highest BCUT2D eigenvalue weighted by Gasteiger charge is 2.37. The molecule has 0 radical (unpaired) electrons. The highest BCUT2D eigenvalue weighted by atomic mass is 32.2. The van der Waals surface area contributed by atoms with Gasteiger partial charge in [-0.3, -0.25) is 4.79 Å². The van der Waals surface area contributed by atoms with Crippen molar-refractivity contribution in [2.45, 2.75) is 17.4 Å². The fraction of sp³-hybridized carbons (Fsp3) is 0.115. The Morgan fingerprint density at radius 1 is 0.703 bits per heavy atom. The van der Waals surface area contributed by atoms with Crippen LogP contribution in [0.25, 0.3) is 22.4 Å². The largest absolute Gasteiger partial charge is 0.416 e. The molecule has 0 unspecified atom stereocenters. The van der Waals surface area contributed by atoms with Crippen molar-refractivity contribution in [2.24, 2.45) is 0 Å². The van der Waals surface area contributed by atoms with E-state index in [4.69, 9.17) is 0 Å². The third-order valence-corrected chi connectivity index (χ3v) is 6.07. The molecule has 37 heavy (non-hydrogen) atoms. The minimum atomic E-state index is -5.01. The fourth-order valence-electron chi connectivity index (χ4n) is 3.38. The molecule has 0 atom stereocenters. The quantitative estimate of drug-likeness (QED) is 0.205. The van der Waals surface area contributed by atoms with Crippen LogP contribution in [0, 0.1) is 0 Å². The molecule has 4 aromatic rings. The summed E-state index contributed by atoms with van der Waals surface area (Å²) < 4.78 is 78.0. The van der Waals surface area contributed by atoms with Gasteiger partial charge in [0.25, 0.3) is 0 Å². The summed E-state index contributed by atoms with van der Waals surface area (Å²) in [6, 6.07) is 21.8. The van der Waals surface area contributed by atoms with Crippen LogP contribution in [0.5, 0.6) is 0 Å². The lowest BCUT2D eigenvalue weighted by Crippen LogP contribution is -2.17. The maximum Gasteiger partial charge on any atom is 0.416 e. The second-order valence-electron chi connectivity index (χ2n) is 7.83. The number of aromatic nitrogens is 2. The Morgan fingerprint density at radius 2 is 1.27 bits per heavy atom. The zero-order valence-electron chi connectivity index (χ0n) is 18.8. The number of anilines is 1. The number of hydrogen-bond acceptors (Lipinski definition) is 4. The summed E-state index contributed by atoms with van der Waals surface area (Å²) in [7, 11) is 0. The van der Waals surface area contributed by atoms with E-state index in [9.17, 15) is 31.1 Å². The number of rotatable bonds is 6. The molecule has 0 spiro atoms. The van der Waals surface area contributed by atoms with Crippen molar-refractivity contribution in [2.75, 3.05) is 11.1 Å². The van der Waals surface area contributed by atoms with E-state index in [1.807, 2.05) is 54.6 Å². The number of amides is 1. The fourth-order valence-corrected chi connectivity index (χ4v) is 3.99. The van der Waals surface area contributed by atoms with Crippen molar-refractivity contribution in [3.8, 4) is 22.4 Å². The van der Waals surface area contributed by atoms with Gasteiger partial charge in [-0.05, 0) is 41.5 Å². The highest BCUT2D eigenvalue weighted by molar-refractivity contribution is 7.99. The van der Waals surface area contributed by atoms with Crippen molar-refractivity contribution in [3.05, 3.63) is 96.1 Å². The van der Waals surface area contributed by atoms with Gasteiger partial charge in [-0.2, -0.15) is 26.3 Å². The zero-order valence-corrected chi connectivity index (χ0v) is 19.6.